The largest absolute Gasteiger partial charge is 0.324 e. The van der Waals surface area contributed by atoms with Crippen molar-refractivity contribution in [3.8, 4) is 0 Å². The first-order valence-corrected chi connectivity index (χ1v) is 7.15. The van der Waals surface area contributed by atoms with Crippen molar-refractivity contribution in [1.29, 1.82) is 0 Å². The van der Waals surface area contributed by atoms with Crippen molar-refractivity contribution >= 4 is 0 Å². The number of rotatable bonds is 3. The van der Waals surface area contributed by atoms with Crippen LogP contribution >= 0.6 is 0 Å². The van der Waals surface area contributed by atoms with Crippen molar-refractivity contribution in [3.63, 3.8) is 0 Å². The monoisotopic (exact) mass is 246 g/mol. The fraction of sp³-hybridized carbons (Fsp3) is 0.625. The van der Waals surface area contributed by atoms with E-state index in [4.69, 9.17) is 5.73 Å². The van der Waals surface area contributed by atoms with E-state index >= 15 is 0 Å². The van der Waals surface area contributed by atoms with E-state index < -0.39 is 0 Å². The van der Waals surface area contributed by atoms with Gasteiger partial charge in [0.25, 0.3) is 0 Å². The maximum Gasteiger partial charge on any atom is 0.0306 e. The van der Waals surface area contributed by atoms with Gasteiger partial charge >= 0.3 is 0 Å². The van der Waals surface area contributed by atoms with Gasteiger partial charge in [-0.15, -0.1) is 0 Å². The minimum Gasteiger partial charge on any atom is -0.324 e. The summed E-state index contributed by atoms with van der Waals surface area (Å²) < 4.78 is 0. The Bertz CT molecular complexity index is 361. The maximum absolute atomic E-state index is 6.60. The molecule has 1 fully saturated rings. The first-order valence-electron chi connectivity index (χ1n) is 7.15. The van der Waals surface area contributed by atoms with Gasteiger partial charge in [-0.3, -0.25) is 4.90 Å². The number of hydrogen-bond donors (Lipinski definition) is 1. The average molecular weight is 246 g/mol. The molecule has 1 heterocycles. The molecule has 1 aromatic rings. The van der Waals surface area contributed by atoms with E-state index in [0.717, 1.165) is 19.5 Å². The molecule has 0 amide bonds. The minimum atomic E-state index is -0.00865. The first kappa shape index (κ1) is 13.6. The third-order valence-corrected chi connectivity index (χ3v) is 4.28. The van der Waals surface area contributed by atoms with Crippen molar-refractivity contribution in [3.05, 3.63) is 35.9 Å². The molecular formula is C16H26N2. The van der Waals surface area contributed by atoms with E-state index in [-0.39, 0.29) is 5.54 Å². The smallest absolute Gasteiger partial charge is 0.0306 e. The number of nitrogens with zero attached hydrogens (tertiary/aromatic N) is 1. The molecule has 1 aliphatic heterocycles. The fourth-order valence-electron chi connectivity index (χ4n) is 2.81. The molecule has 0 bridgehead atoms. The SMILES string of the molecule is CC(C)C1(N)CCCCN(Cc2ccccc2)C1. The summed E-state index contributed by atoms with van der Waals surface area (Å²) in [7, 11) is 0. The summed E-state index contributed by atoms with van der Waals surface area (Å²) in [6, 6.07) is 10.7. The number of hydrogen-bond acceptors (Lipinski definition) is 2. The highest BCUT2D eigenvalue weighted by atomic mass is 15.1. The normalized spacial score (nSPS) is 26.2. The summed E-state index contributed by atoms with van der Waals surface area (Å²) in [5.74, 6) is 0.550. The fourth-order valence-corrected chi connectivity index (χ4v) is 2.81. The quantitative estimate of drug-likeness (QED) is 0.888. The lowest BCUT2D eigenvalue weighted by atomic mass is 9.83. The van der Waals surface area contributed by atoms with Gasteiger partial charge in [0, 0.05) is 18.6 Å². The van der Waals surface area contributed by atoms with Crippen LogP contribution in [0.2, 0.25) is 0 Å². The maximum atomic E-state index is 6.60. The van der Waals surface area contributed by atoms with Crippen LogP contribution in [0.4, 0.5) is 0 Å². The van der Waals surface area contributed by atoms with Crippen LogP contribution in [-0.4, -0.2) is 23.5 Å². The van der Waals surface area contributed by atoms with Gasteiger partial charge in [-0.2, -0.15) is 0 Å². The minimum absolute atomic E-state index is 0.00865. The van der Waals surface area contributed by atoms with Gasteiger partial charge < -0.3 is 5.73 Å². The second kappa shape index (κ2) is 5.85. The van der Waals surface area contributed by atoms with E-state index in [0.29, 0.717) is 5.92 Å². The molecule has 0 aliphatic carbocycles. The van der Waals surface area contributed by atoms with Crippen LogP contribution in [0, 0.1) is 5.92 Å². The van der Waals surface area contributed by atoms with Crippen molar-refractivity contribution < 1.29 is 0 Å². The summed E-state index contributed by atoms with van der Waals surface area (Å²) in [6.07, 6.45) is 3.70. The Morgan fingerprint density at radius 3 is 2.61 bits per heavy atom. The number of benzene rings is 1. The third-order valence-electron chi connectivity index (χ3n) is 4.28. The molecule has 2 rings (SSSR count). The van der Waals surface area contributed by atoms with Gasteiger partial charge in [0.05, 0.1) is 0 Å². The molecule has 1 saturated heterocycles. The van der Waals surface area contributed by atoms with Crippen molar-refractivity contribution in [2.75, 3.05) is 13.1 Å². The molecular weight excluding hydrogens is 220 g/mol. The van der Waals surface area contributed by atoms with Crippen molar-refractivity contribution in [2.24, 2.45) is 11.7 Å². The Morgan fingerprint density at radius 1 is 1.22 bits per heavy atom. The van der Waals surface area contributed by atoms with Crippen LogP contribution in [0.3, 0.4) is 0 Å². The van der Waals surface area contributed by atoms with Crippen molar-refractivity contribution in [1.82, 2.24) is 4.90 Å². The van der Waals surface area contributed by atoms with E-state index in [1.165, 1.54) is 24.9 Å². The Hall–Kier alpha value is -0.860. The zero-order valence-corrected chi connectivity index (χ0v) is 11.7. The topological polar surface area (TPSA) is 29.3 Å². The van der Waals surface area contributed by atoms with Gasteiger partial charge in [0.2, 0.25) is 0 Å². The van der Waals surface area contributed by atoms with E-state index in [1.54, 1.807) is 0 Å². The van der Waals surface area contributed by atoms with Crippen LogP contribution in [0.1, 0.15) is 38.7 Å². The molecule has 2 nitrogen and oxygen atoms in total. The number of likely N-dealkylation sites (tertiary alicyclic amines) is 1. The van der Waals surface area contributed by atoms with E-state index in [2.05, 4.69) is 49.1 Å². The predicted molar refractivity (Wildman–Crippen MR) is 77.3 cm³/mol. The second-order valence-corrected chi connectivity index (χ2v) is 6.04. The molecule has 0 radical (unpaired) electrons. The van der Waals surface area contributed by atoms with Crippen LogP contribution in [0.15, 0.2) is 30.3 Å². The lowest BCUT2D eigenvalue weighted by Crippen LogP contribution is -2.52. The average Bonchev–Trinajstić information content (AvgIpc) is 2.53. The Morgan fingerprint density at radius 2 is 1.94 bits per heavy atom. The molecule has 1 unspecified atom stereocenters. The zero-order valence-electron chi connectivity index (χ0n) is 11.7. The Balaban J connectivity index is 2.04. The van der Waals surface area contributed by atoms with Crippen LogP contribution < -0.4 is 5.73 Å². The highest BCUT2D eigenvalue weighted by Gasteiger charge is 2.32. The van der Waals surface area contributed by atoms with Gasteiger partial charge in [-0.05, 0) is 30.9 Å². The highest BCUT2D eigenvalue weighted by Crippen LogP contribution is 2.26. The van der Waals surface area contributed by atoms with Crippen LogP contribution in [-0.2, 0) is 6.54 Å². The Labute approximate surface area is 111 Å². The molecule has 1 atom stereocenters. The molecule has 0 aromatic heterocycles. The summed E-state index contributed by atoms with van der Waals surface area (Å²) in [5, 5.41) is 0. The summed E-state index contributed by atoms with van der Waals surface area (Å²) in [6.45, 7) is 7.75. The van der Waals surface area contributed by atoms with Crippen LogP contribution in [0.25, 0.3) is 0 Å². The van der Waals surface area contributed by atoms with E-state index in [1.807, 2.05) is 0 Å². The summed E-state index contributed by atoms with van der Waals surface area (Å²) >= 11 is 0. The third kappa shape index (κ3) is 3.33. The first-order chi connectivity index (χ1) is 8.60. The lowest BCUT2D eigenvalue weighted by Gasteiger charge is -2.36. The molecule has 0 spiro atoms. The summed E-state index contributed by atoms with van der Waals surface area (Å²) in [4.78, 5) is 2.53. The highest BCUT2D eigenvalue weighted by molar-refractivity contribution is 5.14. The van der Waals surface area contributed by atoms with Crippen molar-refractivity contribution in [2.45, 2.75) is 45.2 Å². The molecule has 100 valence electrons. The van der Waals surface area contributed by atoms with E-state index in [9.17, 15) is 0 Å². The standard InChI is InChI=1S/C16H26N2/c1-14(2)16(17)10-6-7-11-18(13-16)12-15-8-4-3-5-9-15/h3-5,8-9,14H,6-7,10-13,17H2,1-2H3. The van der Waals surface area contributed by atoms with Gasteiger partial charge in [-0.1, -0.05) is 50.6 Å². The molecule has 1 aromatic carbocycles. The van der Waals surface area contributed by atoms with Crippen LogP contribution in [0.5, 0.6) is 0 Å². The van der Waals surface area contributed by atoms with Gasteiger partial charge in [-0.25, -0.2) is 0 Å². The molecule has 0 saturated carbocycles. The lowest BCUT2D eigenvalue weighted by molar-refractivity contribution is 0.181. The molecule has 1 aliphatic rings. The molecule has 2 N–H and O–H groups in total. The van der Waals surface area contributed by atoms with Gasteiger partial charge in [0.1, 0.15) is 0 Å². The second-order valence-electron chi connectivity index (χ2n) is 6.04. The van der Waals surface area contributed by atoms with Gasteiger partial charge in [0.15, 0.2) is 0 Å². The predicted octanol–water partition coefficient (Wildman–Crippen LogP) is 3.03. The zero-order chi connectivity index (χ0) is 13.0. The molecule has 18 heavy (non-hydrogen) atoms. The summed E-state index contributed by atoms with van der Waals surface area (Å²) in [5.41, 5.74) is 7.99. The Kier molecular flexibility index (Phi) is 4.41. The number of nitrogens with two attached hydrogens (primary N) is 1. The molecule has 2 heteroatoms.